The number of ether oxygens (including phenoxy) is 1. The van der Waals surface area contributed by atoms with E-state index < -0.39 is 6.03 Å². The van der Waals surface area contributed by atoms with E-state index in [0.29, 0.717) is 17.1 Å². The van der Waals surface area contributed by atoms with Gasteiger partial charge in [0.25, 0.3) is 0 Å². The molecule has 0 saturated heterocycles. The van der Waals surface area contributed by atoms with Crippen molar-refractivity contribution in [3.05, 3.63) is 48.0 Å². The SMILES string of the molecule is COc1cccc(NC(=O)Nc2ccc(C)cc2O)c1. The second-order valence-electron chi connectivity index (χ2n) is 4.33. The zero-order chi connectivity index (χ0) is 14.5. The number of amides is 2. The van der Waals surface area contributed by atoms with Crippen LogP contribution < -0.4 is 15.4 Å². The van der Waals surface area contributed by atoms with E-state index in [2.05, 4.69) is 10.6 Å². The third-order valence-electron chi connectivity index (χ3n) is 2.73. The lowest BCUT2D eigenvalue weighted by atomic mass is 10.2. The number of carbonyl (C=O) groups is 1. The highest BCUT2D eigenvalue weighted by Crippen LogP contribution is 2.24. The van der Waals surface area contributed by atoms with Crippen molar-refractivity contribution in [2.75, 3.05) is 17.7 Å². The molecule has 104 valence electrons. The molecule has 0 heterocycles. The summed E-state index contributed by atoms with van der Waals surface area (Å²) in [6.45, 7) is 1.86. The minimum absolute atomic E-state index is 0.0331. The molecule has 0 saturated carbocycles. The van der Waals surface area contributed by atoms with E-state index in [-0.39, 0.29) is 5.75 Å². The first-order chi connectivity index (χ1) is 9.58. The van der Waals surface area contributed by atoms with Crippen LogP contribution in [0.3, 0.4) is 0 Å². The topological polar surface area (TPSA) is 70.6 Å². The summed E-state index contributed by atoms with van der Waals surface area (Å²) in [5.41, 5.74) is 1.88. The fourth-order valence-corrected chi connectivity index (χ4v) is 1.73. The number of aromatic hydroxyl groups is 1. The number of benzene rings is 2. The largest absolute Gasteiger partial charge is 0.506 e. The van der Waals surface area contributed by atoms with E-state index in [0.717, 1.165) is 5.56 Å². The second kappa shape index (κ2) is 5.97. The van der Waals surface area contributed by atoms with Crippen LogP contribution in [-0.4, -0.2) is 18.2 Å². The predicted octanol–water partition coefficient (Wildman–Crippen LogP) is 3.35. The summed E-state index contributed by atoms with van der Waals surface area (Å²) >= 11 is 0. The van der Waals surface area contributed by atoms with Crippen LogP contribution in [0.25, 0.3) is 0 Å². The molecule has 20 heavy (non-hydrogen) atoms. The number of urea groups is 1. The molecule has 2 rings (SSSR count). The molecule has 2 amide bonds. The van der Waals surface area contributed by atoms with Gasteiger partial charge in [0.1, 0.15) is 11.5 Å². The van der Waals surface area contributed by atoms with Gasteiger partial charge in [-0.25, -0.2) is 4.79 Å². The molecule has 3 N–H and O–H groups in total. The Hall–Kier alpha value is -2.69. The number of carbonyl (C=O) groups excluding carboxylic acids is 1. The molecule has 0 aliphatic carbocycles. The number of aryl methyl sites for hydroxylation is 1. The quantitative estimate of drug-likeness (QED) is 0.750. The van der Waals surface area contributed by atoms with Crippen molar-refractivity contribution >= 4 is 17.4 Å². The van der Waals surface area contributed by atoms with E-state index in [4.69, 9.17) is 4.74 Å². The number of nitrogens with one attached hydrogen (secondary N) is 2. The maximum atomic E-state index is 11.8. The van der Waals surface area contributed by atoms with Gasteiger partial charge in [-0.2, -0.15) is 0 Å². The molecule has 0 aromatic heterocycles. The van der Waals surface area contributed by atoms with E-state index in [1.165, 1.54) is 0 Å². The molecule has 5 nitrogen and oxygen atoms in total. The summed E-state index contributed by atoms with van der Waals surface area (Å²) in [6.07, 6.45) is 0. The normalized spacial score (nSPS) is 9.90. The molecular weight excluding hydrogens is 256 g/mol. The Labute approximate surface area is 117 Å². The van der Waals surface area contributed by atoms with Gasteiger partial charge in [0.15, 0.2) is 0 Å². The molecule has 0 radical (unpaired) electrons. The summed E-state index contributed by atoms with van der Waals surface area (Å²) in [5.74, 6) is 0.687. The Morgan fingerprint density at radius 3 is 2.65 bits per heavy atom. The first kappa shape index (κ1) is 13.7. The molecule has 2 aromatic carbocycles. The number of hydrogen-bond donors (Lipinski definition) is 3. The van der Waals surface area contributed by atoms with Crippen LogP contribution in [-0.2, 0) is 0 Å². The van der Waals surface area contributed by atoms with Gasteiger partial charge in [-0.1, -0.05) is 12.1 Å². The summed E-state index contributed by atoms with van der Waals surface area (Å²) in [7, 11) is 1.56. The standard InChI is InChI=1S/C15H16N2O3/c1-10-6-7-13(14(18)8-10)17-15(19)16-11-4-3-5-12(9-11)20-2/h3-9,18H,1-2H3,(H2,16,17,19). The van der Waals surface area contributed by atoms with Crippen LogP contribution >= 0.6 is 0 Å². The Bertz CT molecular complexity index is 626. The van der Waals surface area contributed by atoms with Gasteiger partial charge in [-0.3, -0.25) is 0 Å². The molecule has 0 bridgehead atoms. The van der Waals surface area contributed by atoms with Crippen LogP contribution in [0.1, 0.15) is 5.56 Å². The van der Waals surface area contributed by atoms with Crippen molar-refractivity contribution in [1.29, 1.82) is 0 Å². The van der Waals surface area contributed by atoms with Gasteiger partial charge >= 0.3 is 6.03 Å². The maximum Gasteiger partial charge on any atom is 0.323 e. The lowest BCUT2D eigenvalue weighted by molar-refractivity contribution is 0.262. The number of anilines is 2. The molecule has 0 fully saturated rings. The summed E-state index contributed by atoms with van der Waals surface area (Å²) in [4.78, 5) is 11.8. The van der Waals surface area contributed by atoms with Crippen molar-refractivity contribution in [2.24, 2.45) is 0 Å². The average Bonchev–Trinajstić information content (AvgIpc) is 2.42. The number of methoxy groups -OCH3 is 1. The minimum atomic E-state index is -0.433. The Balaban J connectivity index is 2.05. The monoisotopic (exact) mass is 272 g/mol. The molecule has 0 aliphatic rings. The molecular formula is C15H16N2O3. The zero-order valence-corrected chi connectivity index (χ0v) is 11.3. The van der Waals surface area contributed by atoms with E-state index >= 15 is 0 Å². The highest BCUT2D eigenvalue weighted by Gasteiger charge is 2.07. The first-order valence-corrected chi connectivity index (χ1v) is 6.10. The molecule has 2 aromatic rings. The lowest BCUT2D eigenvalue weighted by Crippen LogP contribution is -2.19. The number of phenols is 1. The van der Waals surface area contributed by atoms with Crippen molar-refractivity contribution in [1.82, 2.24) is 0 Å². The fraction of sp³-hybridized carbons (Fsp3) is 0.133. The van der Waals surface area contributed by atoms with Gasteiger partial charge < -0.3 is 20.5 Å². The number of phenolic OH excluding ortho intramolecular Hbond substituents is 1. The molecule has 0 aliphatic heterocycles. The van der Waals surface area contributed by atoms with Crippen LogP contribution in [0.4, 0.5) is 16.2 Å². The van der Waals surface area contributed by atoms with Crippen LogP contribution in [0.2, 0.25) is 0 Å². The smallest absolute Gasteiger partial charge is 0.323 e. The highest BCUT2D eigenvalue weighted by molar-refractivity contribution is 6.00. The predicted molar refractivity (Wildman–Crippen MR) is 78.5 cm³/mol. The van der Waals surface area contributed by atoms with Crippen molar-refractivity contribution < 1.29 is 14.6 Å². The minimum Gasteiger partial charge on any atom is -0.506 e. The fourth-order valence-electron chi connectivity index (χ4n) is 1.73. The molecule has 0 atom stereocenters. The van der Waals surface area contributed by atoms with Gasteiger partial charge in [-0.15, -0.1) is 0 Å². The summed E-state index contributed by atoms with van der Waals surface area (Å²) in [5, 5.41) is 15.0. The number of hydrogen-bond acceptors (Lipinski definition) is 3. The van der Waals surface area contributed by atoms with Crippen LogP contribution in [0.5, 0.6) is 11.5 Å². The summed E-state index contributed by atoms with van der Waals surface area (Å²) in [6, 6.07) is 11.6. The number of rotatable bonds is 3. The van der Waals surface area contributed by atoms with Gasteiger partial charge in [-0.05, 0) is 36.8 Å². The molecule has 5 heteroatoms. The van der Waals surface area contributed by atoms with Gasteiger partial charge in [0.2, 0.25) is 0 Å². The zero-order valence-electron chi connectivity index (χ0n) is 11.3. The van der Waals surface area contributed by atoms with Gasteiger partial charge in [0.05, 0.1) is 12.8 Å². The van der Waals surface area contributed by atoms with Gasteiger partial charge in [0, 0.05) is 11.8 Å². The van der Waals surface area contributed by atoms with Crippen LogP contribution in [0.15, 0.2) is 42.5 Å². The van der Waals surface area contributed by atoms with Crippen molar-refractivity contribution in [3.63, 3.8) is 0 Å². The molecule has 0 spiro atoms. The first-order valence-electron chi connectivity index (χ1n) is 6.10. The van der Waals surface area contributed by atoms with Crippen molar-refractivity contribution in [2.45, 2.75) is 6.92 Å². The third-order valence-corrected chi connectivity index (χ3v) is 2.73. The van der Waals surface area contributed by atoms with E-state index in [9.17, 15) is 9.90 Å². The molecule has 0 unspecified atom stereocenters. The Kier molecular flexibility index (Phi) is 4.10. The maximum absolute atomic E-state index is 11.8. The van der Waals surface area contributed by atoms with E-state index in [1.807, 2.05) is 6.92 Å². The van der Waals surface area contributed by atoms with Crippen LogP contribution in [0, 0.1) is 6.92 Å². The van der Waals surface area contributed by atoms with Crippen molar-refractivity contribution in [3.8, 4) is 11.5 Å². The van der Waals surface area contributed by atoms with E-state index in [1.54, 1.807) is 49.6 Å². The third kappa shape index (κ3) is 3.41. The lowest BCUT2D eigenvalue weighted by Gasteiger charge is -2.10. The highest BCUT2D eigenvalue weighted by atomic mass is 16.5. The summed E-state index contributed by atoms with van der Waals surface area (Å²) < 4.78 is 5.08. The Morgan fingerprint density at radius 1 is 1.15 bits per heavy atom. The average molecular weight is 272 g/mol. The second-order valence-corrected chi connectivity index (χ2v) is 4.33. The Morgan fingerprint density at radius 2 is 1.95 bits per heavy atom.